The highest BCUT2D eigenvalue weighted by molar-refractivity contribution is 7.18. The topological polar surface area (TPSA) is 39.6 Å². The third-order valence-electron chi connectivity index (χ3n) is 3.72. The van der Waals surface area contributed by atoms with Gasteiger partial charge in [-0.25, -0.2) is 4.98 Å². The first-order chi connectivity index (χ1) is 10.2. The summed E-state index contributed by atoms with van der Waals surface area (Å²) in [6.45, 7) is 6.56. The molecule has 112 valence electrons. The van der Waals surface area contributed by atoms with E-state index in [1.54, 1.807) is 11.3 Å². The SMILES string of the molecule is C[C@H](O)CN1CCN(c2ncc(-c3ccccc3)s2)CC1. The Hall–Kier alpha value is -1.43. The number of aliphatic hydroxyl groups excluding tert-OH is 1. The van der Waals surface area contributed by atoms with Gasteiger partial charge in [0.2, 0.25) is 0 Å². The van der Waals surface area contributed by atoms with Crippen LogP contribution in [0.1, 0.15) is 6.92 Å². The molecule has 3 rings (SSSR count). The van der Waals surface area contributed by atoms with Crippen LogP contribution in [0.15, 0.2) is 36.5 Å². The Balaban J connectivity index is 1.63. The van der Waals surface area contributed by atoms with E-state index >= 15 is 0 Å². The fraction of sp³-hybridized carbons (Fsp3) is 0.438. The van der Waals surface area contributed by atoms with Crippen molar-refractivity contribution in [1.29, 1.82) is 0 Å². The predicted molar refractivity (Wildman–Crippen MR) is 87.9 cm³/mol. The van der Waals surface area contributed by atoms with Gasteiger partial charge in [0, 0.05) is 38.9 Å². The number of hydrogen-bond donors (Lipinski definition) is 1. The van der Waals surface area contributed by atoms with Gasteiger partial charge < -0.3 is 10.0 Å². The molecule has 5 heteroatoms. The average molecular weight is 303 g/mol. The van der Waals surface area contributed by atoms with Crippen LogP contribution in [0.5, 0.6) is 0 Å². The molecule has 1 saturated heterocycles. The molecule has 2 heterocycles. The molecule has 0 spiro atoms. The highest BCUT2D eigenvalue weighted by Crippen LogP contribution is 2.31. The Bertz CT molecular complexity index is 562. The van der Waals surface area contributed by atoms with Crippen molar-refractivity contribution >= 4 is 16.5 Å². The zero-order chi connectivity index (χ0) is 14.7. The summed E-state index contributed by atoms with van der Waals surface area (Å²) < 4.78 is 0. The fourth-order valence-corrected chi connectivity index (χ4v) is 3.62. The summed E-state index contributed by atoms with van der Waals surface area (Å²) in [6.07, 6.45) is 1.72. The number of aliphatic hydroxyl groups is 1. The maximum Gasteiger partial charge on any atom is 0.185 e. The van der Waals surface area contributed by atoms with Gasteiger partial charge in [-0.2, -0.15) is 0 Å². The maximum absolute atomic E-state index is 9.45. The lowest BCUT2D eigenvalue weighted by atomic mass is 10.2. The molecule has 1 aromatic carbocycles. The molecule has 0 unspecified atom stereocenters. The van der Waals surface area contributed by atoms with Crippen molar-refractivity contribution in [2.75, 3.05) is 37.6 Å². The van der Waals surface area contributed by atoms with E-state index < -0.39 is 0 Å². The van der Waals surface area contributed by atoms with Gasteiger partial charge in [0.15, 0.2) is 5.13 Å². The second kappa shape index (κ2) is 6.56. The standard InChI is InChI=1S/C16H21N3OS/c1-13(20)12-18-7-9-19(10-8-18)16-17-11-15(21-16)14-5-3-2-4-6-14/h2-6,11,13,20H,7-10,12H2,1H3/t13-/m0/s1. The van der Waals surface area contributed by atoms with Crippen molar-refractivity contribution in [3.05, 3.63) is 36.5 Å². The van der Waals surface area contributed by atoms with Crippen LogP contribution < -0.4 is 4.90 Å². The molecule has 0 radical (unpaired) electrons. The minimum atomic E-state index is -0.249. The van der Waals surface area contributed by atoms with E-state index in [1.807, 2.05) is 19.2 Å². The first kappa shape index (κ1) is 14.5. The minimum Gasteiger partial charge on any atom is -0.392 e. The van der Waals surface area contributed by atoms with E-state index in [1.165, 1.54) is 10.4 Å². The number of aromatic nitrogens is 1. The maximum atomic E-state index is 9.45. The molecule has 1 N–H and O–H groups in total. The molecule has 2 aromatic rings. The van der Waals surface area contributed by atoms with Gasteiger partial charge in [-0.3, -0.25) is 4.90 Å². The third-order valence-corrected chi connectivity index (χ3v) is 4.82. The molecule has 0 saturated carbocycles. The molecule has 21 heavy (non-hydrogen) atoms. The molecule has 0 aliphatic carbocycles. The lowest BCUT2D eigenvalue weighted by molar-refractivity contribution is 0.122. The van der Waals surface area contributed by atoms with E-state index in [0.29, 0.717) is 0 Å². The summed E-state index contributed by atoms with van der Waals surface area (Å²) in [7, 11) is 0. The summed E-state index contributed by atoms with van der Waals surface area (Å²) >= 11 is 1.75. The molecule has 1 atom stereocenters. The molecule has 0 bridgehead atoms. The van der Waals surface area contributed by atoms with Gasteiger partial charge in [-0.1, -0.05) is 41.7 Å². The van der Waals surface area contributed by atoms with Crippen molar-refractivity contribution in [2.45, 2.75) is 13.0 Å². The third kappa shape index (κ3) is 3.61. The Morgan fingerprint density at radius 2 is 1.90 bits per heavy atom. The first-order valence-electron chi connectivity index (χ1n) is 7.39. The van der Waals surface area contributed by atoms with Crippen LogP contribution in [0, 0.1) is 0 Å². The molecule has 0 amide bonds. The minimum absolute atomic E-state index is 0.249. The Morgan fingerprint density at radius 3 is 2.57 bits per heavy atom. The van der Waals surface area contributed by atoms with E-state index in [2.05, 4.69) is 39.0 Å². The summed E-state index contributed by atoms with van der Waals surface area (Å²) in [5.41, 5.74) is 1.23. The van der Waals surface area contributed by atoms with Crippen molar-refractivity contribution < 1.29 is 5.11 Å². The van der Waals surface area contributed by atoms with Crippen molar-refractivity contribution in [2.24, 2.45) is 0 Å². The van der Waals surface area contributed by atoms with E-state index in [0.717, 1.165) is 37.9 Å². The number of hydrogen-bond acceptors (Lipinski definition) is 5. The van der Waals surface area contributed by atoms with Gasteiger partial charge in [-0.15, -0.1) is 0 Å². The first-order valence-corrected chi connectivity index (χ1v) is 8.20. The van der Waals surface area contributed by atoms with Crippen LogP contribution in [0.25, 0.3) is 10.4 Å². The van der Waals surface area contributed by atoms with E-state index in [4.69, 9.17) is 0 Å². The highest BCUT2D eigenvalue weighted by atomic mass is 32.1. The summed E-state index contributed by atoms with van der Waals surface area (Å²) in [5.74, 6) is 0. The predicted octanol–water partition coefficient (Wildman–Crippen LogP) is 2.31. The second-order valence-corrected chi connectivity index (χ2v) is 6.52. The Kier molecular flexibility index (Phi) is 4.53. The molecule has 1 fully saturated rings. The van der Waals surface area contributed by atoms with Crippen molar-refractivity contribution in [3.63, 3.8) is 0 Å². The smallest absolute Gasteiger partial charge is 0.185 e. The molecule has 1 aliphatic heterocycles. The second-order valence-electron chi connectivity index (χ2n) is 5.51. The normalized spacial score (nSPS) is 17.9. The number of β-amino-alcohol motifs (C(OH)–C–C–N with tert-alkyl or cyclic N) is 1. The van der Waals surface area contributed by atoms with Crippen LogP contribution >= 0.6 is 11.3 Å². The van der Waals surface area contributed by atoms with E-state index in [-0.39, 0.29) is 6.10 Å². The van der Waals surface area contributed by atoms with Crippen molar-refractivity contribution in [1.82, 2.24) is 9.88 Å². The molecular formula is C16H21N3OS. The van der Waals surface area contributed by atoms with Crippen LogP contribution in [-0.2, 0) is 0 Å². The largest absolute Gasteiger partial charge is 0.392 e. The van der Waals surface area contributed by atoms with Crippen LogP contribution in [0.2, 0.25) is 0 Å². The summed E-state index contributed by atoms with van der Waals surface area (Å²) in [4.78, 5) is 10.5. The number of rotatable bonds is 4. The van der Waals surface area contributed by atoms with Gasteiger partial charge in [0.25, 0.3) is 0 Å². The highest BCUT2D eigenvalue weighted by Gasteiger charge is 2.20. The van der Waals surface area contributed by atoms with Gasteiger partial charge in [0.05, 0.1) is 11.0 Å². The number of anilines is 1. The summed E-state index contributed by atoms with van der Waals surface area (Å²) in [5, 5.41) is 10.6. The average Bonchev–Trinajstić information content (AvgIpc) is 2.98. The molecule has 1 aliphatic rings. The zero-order valence-electron chi connectivity index (χ0n) is 12.3. The molecule has 4 nitrogen and oxygen atoms in total. The van der Waals surface area contributed by atoms with Gasteiger partial charge in [-0.05, 0) is 12.5 Å². The van der Waals surface area contributed by atoms with Gasteiger partial charge in [0.1, 0.15) is 0 Å². The number of benzene rings is 1. The van der Waals surface area contributed by atoms with E-state index in [9.17, 15) is 5.11 Å². The number of thiazole rings is 1. The Labute approximate surface area is 129 Å². The van der Waals surface area contributed by atoms with Gasteiger partial charge >= 0.3 is 0 Å². The lowest BCUT2D eigenvalue weighted by Crippen LogP contribution is -2.48. The fourth-order valence-electron chi connectivity index (χ4n) is 2.64. The number of nitrogens with zero attached hydrogens (tertiary/aromatic N) is 3. The zero-order valence-corrected chi connectivity index (χ0v) is 13.1. The quantitative estimate of drug-likeness (QED) is 0.941. The number of piperazine rings is 1. The summed E-state index contributed by atoms with van der Waals surface area (Å²) in [6, 6.07) is 10.4. The van der Waals surface area contributed by atoms with Crippen molar-refractivity contribution in [3.8, 4) is 10.4 Å². The Morgan fingerprint density at radius 1 is 1.19 bits per heavy atom. The van der Waals surface area contributed by atoms with Crippen LogP contribution in [0.3, 0.4) is 0 Å². The molecular weight excluding hydrogens is 282 g/mol. The molecule has 1 aromatic heterocycles. The van der Waals surface area contributed by atoms with Crippen LogP contribution in [0.4, 0.5) is 5.13 Å². The van der Waals surface area contributed by atoms with Crippen LogP contribution in [-0.4, -0.2) is 53.8 Å². The lowest BCUT2D eigenvalue weighted by Gasteiger charge is -2.35. The monoisotopic (exact) mass is 303 g/mol.